The van der Waals surface area contributed by atoms with Crippen LogP contribution in [-0.4, -0.2) is 42.4 Å². The summed E-state index contributed by atoms with van der Waals surface area (Å²) in [5.41, 5.74) is 1.13. The minimum atomic E-state index is -0.535. The Labute approximate surface area is 188 Å². The van der Waals surface area contributed by atoms with Crippen molar-refractivity contribution in [2.24, 2.45) is 0 Å². The summed E-state index contributed by atoms with van der Waals surface area (Å²) >= 11 is 4.42. The summed E-state index contributed by atoms with van der Waals surface area (Å²) in [6.45, 7) is 2.45. The minimum Gasteiger partial charge on any atom is -0.494 e. The number of carbonyl (C=O) groups excluding carboxylic acids is 3. The number of ketones is 1. The van der Waals surface area contributed by atoms with E-state index in [9.17, 15) is 14.4 Å². The van der Waals surface area contributed by atoms with Crippen LogP contribution in [0.25, 0.3) is 0 Å². The molecule has 0 radical (unpaired) electrons. The van der Waals surface area contributed by atoms with Crippen LogP contribution in [-0.2, 0) is 14.3 Å². The second-order valence-corrected chi connectivity index (χ2v) is 8.26. The van der Waals surface area contributed by atoms with E-state index in [1.807, 2.05) is 0 Å². The van der Waals surface area contributed by atoms with Crippen LogP contribution in [0, 0.1) is 0 Å². The summed E-state index contributed by atoms with van der Waals surface area (Å²) in [7, 11) is 0. The molecule has 0 fully saturated rings. The van der Waals surface area contributed by atoms with Gasteiger partial charge in [0.15, 0.2) is 12.4 Å². The Morgan fingerprint density at radius 1 is 1.00 bits per heavy atom. The van der Waals surface area contributed by atoms with Crippen molar-refractivity contribution >= 4 is 51.0 Å². The molecule has 1 N–H and O–H groups in total. The number of thioether (sulfide) groups is 1. The number of amides is 1. The van der Waals surface area contributed by atoms with E-state index in [-0.39, 0.29) is 29.8 Å². The molecule has 2 aromatic carbocycles. The maximum Gasteiger partial charge on any atom is 0.316 e. The third kappa shape index (κ3) is 9.00. The van der Waals surface area contributed by atoms with Gasteiger partial charge >= 0.3 is 5.97 Å². The molecule has 160 valence electrons. The molecule has 2 aromatic rings. The van der Waals surface area contributed by atoms with Gasteiger partial charge in [-0.3, -0.25) is 14.4 Å². The fraction of sp³-hybridized carbons (Fsp3) is 0.318. The van der Waals surface area contributed by atoms with Gasteiger partial charge < -0.3 is 14.8 Å². The molecule has 0 spiro atoms. The number of nitrogens with one attached hydrogen (secondary N) is 1. The number of anilines is 1. The van der Waals surface area contributed by atoms with Crippen molar-refractivity contribution < 1.29 is 23.9 Å². The molecule has 0 aliphatic carbocycles. The van der Waals surface area contributed by atoms with Gasteiger partial charge in [0.05, 0.1) is 18.1 Å². The standard InChI is InChI=1S/C22H24BrNO5S/c1-2-3-12-28-19-10-8-18(9-11-19)24-21(26)14-30-15-22(27)29-13-20(25)16-4-6-17(23)7-5-16/h4-11H,2-3,12-15H2,1H3,(H,24,26). The van der Waals surface area contributed by atoms with Gasteiger partial charge in [0.25, 0.3) is 0 Å². The Bertz CT molecular complexity index is 840. The molecule has 6 nitrogen and oxygen atoms in total. The number of ether oxygens (including phenoxy) is 2. The quantitative estimate of drug-likeness (QED) is 0.261. The molecule has 30 heavy (non-hydrogen) atoms. The Hall–Kier alpha value is -2.32. The summed E-state index contributed by atoms with van der Waals surface area (Å²) in [6.07, 6.45) is 2.07. The van der Waals surface area contributed by atoms with Gasteiger partial charge in [0.1, 0.15) is 5.75 Å². The lowest BCUT2D eigenvalue weighted by Crippen LogP contribution is -2.18. The zero-order chi connectivity index (χ0) is 21.8. The Balaban J connectivity index is 1.63. The Kier molecular flexibility index (Phi) is 10.4. The normalized spacial score (nSPS) is 10.3. The monoisotopic (exact) mass is 493 g/mol. The maximum absolute atomic E-state index is 12.0. The summed E-state index contributed by atoms with van der Waals surface area (Å²) in [6, 6.07) is 14.0. The van der Waals surface area contributed by atoms with Crippen molar-refractivity contribution in [2.45, 2.75) is 19.8 Å². The molecule has 0 saturated heterocycles. The van der Waals surface area contributed by atoms with Crippen LogP contribution in [0.2, 0.25) is 0 Å². The third-order valence-corrected chi connectivity index (χ3v) is 5.32. The number of Topliss-reactive ketones (excluding diaryl/α,β-unsaturated/α-hetero) is 1. The van der Waals surface area contributed by atoms with Crippen molar-refractivity contribution in [3.05, 3.63) is 58.6 Å². The van der Waals surface area contributed by atoms with Crippen LogP contribution in [0.4, 0.5) is 5.69 Å². The molecule has 1 amide bonds. The highest BCUT2D eigenvalue weighted by Gasteiger charge is 2.11. The highest BCUT2D eigenvalue weighted by molar-refractivity contribution is 9.10. The lowest BCUT2D eigenvalue weighted by molar-refractivity contribution is -0.139. The predicted molar refractivity (Wildman–Crippen MR) is 122 cm³/mol. The second-order valence-electron chi connectivity index (χ2n) is 6.36. The van der Waals surface area contributed by atoms with Crippen LogP contribution in [0.15, 0.2) is 53.0 Å². The van der Waals surface area contributed by atoms with Gasteiger partial charge in [-0.15, -0.1) is 11.8 Å². The first kappa shape index (κ1) is 24.0. The van der Waals surface area contributed by atoms with E-state index < -0.39 is 5.97 Å². The van der Waals surface area contributed by atoms with E-state index in [1.165, 1.54) is 0 Å². The molecule has 0 atom stereocenters. The van der Waals surface area contributed by atoms with E-state index in [4.69, 9.17) is 9.47 Å². The first-order valence-corrected chi connectivity index (χ1v) is 11.5. The molecule has 8 heteroatoms. The first-order chi connectivity index (χ1) is 14.5. The maximum atomic E-state index is 12.0. The fourth-order valence-electron chi connectivity index (χ4n) is 2.30. The predicted octanol–water partition coefficient (Wildman–Crippen LogP) is 4.73. The molecule has 0 aliphatic rings. The van der Waals surface area contributed by atoms with Gasteiger partial charge in [-0.05, 0) is 42.8 Å². The number of hydrogen-bond donors (Lipinski definition) is 1. The molecule has 0 heterocycles. The van der Waals surface area contributed by atoms with Crippen LogP contribution in [0.3, 0.4) is 0 Å². The molecular formula is C22H24BrNO5S. The van der Waals surface area contributed by atoms with Crippen LogP contribution < -0.4 is 10.1 Å². The lowest BCUT2D eigenvalue weighted by Gasteiger charge is -2.08. The average molecular weight is 494 g/mol. The van der Waals surface area contributed by atoms with Crippen LogP contribution in [0.5, 0.6) is 5.75 Å². The van der Waals surface area contributed by atoms with Gasteiger partial charge in [-0.25, -0.2) is 0 Å². The van der Waals surface area contributed by atoms with Crippen molar-refractivity contribution in [1.29, 1.82) is 0 Å². The fourth-order valence-corrected chi connectivity index (χ4v) is 3.17. The summed E-state index contributed by atoms with van der Waals surface area (Å²) in [5.74, 6) is -0.183. The number of rotatable bonds is 12. The molecule has 0 bridgehead atoms. The number of benzene rings is 2. The zero-order valence-electron chi connectivity index (χ0n) is 16.7. The highest BCUT2D eigenvalue weighted by Crippen LogP contribution is 2.16. The van der Waals surface area contributed by atoms with E-state index in [0.29, 0.717) is 17.9 Å². The summed E-state index contributed by atoms with van der Waals surface area (Å²) in [5, 5.41) is 2.76. The van der Waals surface area contributed by atoms with Crippen LogP contribution in [0.1, 0.15) is 30.1 Å². The Morgan fingerprint density at radius 3 is 2.37 bits per heavy atom. The number of hydrogen-bond acceptors (Lipinski definition) is 6. The van der Waals surface area contributed by atoms with Gasteiger partial charge in [0.2, 0.25) is 5.91 Å². The lowest BCUT2D eigenvalue weighted by atomic mass is 10.1. The van der Waals surface area contributed by atoms with Crippen molar-refractivity contribution in [1.82, 2.24) is 0 Å². The van der Waals surface area contributed by atoms with Crippen molar-refractivity contribution in [2.75, 3.05) is 30.0 Å². The first-order valence-electron chi connectivity index (χ1n) is 9.52. The van der Waals surface area contributed by atoms with Crippen molar-refractivity contribution in [3.63, 3.8) is 0 Å². The molecular weight excluding hydrogens is 470 g/mol. The molecule has 0 aliphatic heterocycles. The van der Waals surface area contributed by atoms with Crippen LogP contribution >= 0.6 is 27.7 Å². The summed E-state index contributed by atoms with van der Waals surface area (Å²) in [4.78, 5) is 35.7. The van der Waals surface area contributed by atoms with E-state index in [1.54, 1.807) is 48.5 Å². The van der Waals surface area contributed by atoms with E-state index in [2.05, 4.69) is 28.2 Å². The molecule has 2 rings (SSSR count). The largest absolute Gasteiger partial charge is 0.494 e. The highest BCUT2D eigenvalue weighted by atomic mass is 79.9. The second kappa shape index (κ2) is 13.1. The SMILES string of the molecule is CCCCOc1ccc(NC(=O)CSCC(=O)OCC(=O)c2ccc(Br)cc2)cc1. The average Bonchev–Trinajstić information content (AvgIpc) is 2.74. The van der Waals surface area contributed by atoms with E-state index >= 15 is 0 Å². The summed E-state index contributed by atoms with van der Waals surface area (Å²) < 4.78 is 11.4. The van der Waals surface area contributed by atoms with Crippen molar-refractivity contribution in [3.8, 4) is 5.75 Å². The smallest absolute Gasteiger partial charge is 0.316 e. The Morgan fingerprint density at radius 2 is 1.70 bits per heavy atom. The molecule has 0 aromatic heterocycles. The number of esters is 1. The number of unbranched alkanes of at least 4 members (excludes halogenated alkanes) is 1. The minimum absolute atomic E-state index is 0.00869. The van der Waals surface area contributed by atoms with Gasteiger partial charge in [0, 0.05) is 15.7 Å². The van der Waals surface area contributed by atoms with E-state index in [0.717, 1.165) is 34.8 Å². The third-order valence-electron chi connectivity index (χ3n) is 3.89. The van der Waals surface area contributed by atoms with Gasteiger partial charge in [-0.1, -0.05) is 41.4 Å². The molecule has 0 saturated carbocycles. The molecule has 0 unspecified atom stereocenters. The van der Waals surface area contributed by atoms with Gasteiger partial charge in [-0.2, -0.15) is 0 Å². The number of carbonyl (C=O) groups is 3. The topological polar surface area (TPSA) is 81.7 Å². The zero-order valence-corrected chi connectivity index (χ0v) is 19.1. The number of halogens is 1.